The molecular weight excluding hydrogens is 313 g/mol. The van der Waals surface area contributed by atoms with Gasteiger partial charge in [-0.05, 0) is 29.8 Å². The summed E-state index contributed by atoms with van der Waals surface area (Å²) in [6, 6.07) is 8.54. The summed E-state index contributed by atoms with van der Waals surface area (Å²) in [6.45, 7) is 1.14. The first-order chi connectivity index (χ1) is 11.7. The standard InChI is InChI=1S/C17H16FN3O3/c18-14-6-12(21-8-13(10-22)24-17(21)23)3-4-16(14)20-7-11-2-1-5-19-15(11)9-20/h1-6,13,22H,7-10H2. The Kier molecular flexibility index (Phi) is 3.57. The van der Waals surface area contributed by atoms with Crippen molar-refractivity contribution in [3.63, 3.8) is 0 Å². The minimum absolute atomic E-state index is 0.215. The Morgan fingerprint density at radius 3 is 2.92 bits per heavy atom. The van der Waals surface area contributed by atoms with Crippen molar-refractivity contribution in [2.24, 2.45) is 0 Å². The van der Waals surface area contributed by atoms with E-state index in [1.54, 1.807) is 18.3 Å². The average Bonchev–Trinajstić information content (AvgIpc) is 3.17. The van der Waals surface area contributed by atoms with Crippen LogP contribution in [0.2, 0.25) is 0 Å². The first-order valence-electron chi connectivity index (χ1n) is 7.72. The number of aliphatic hydroxyl groups is 1. The molecule has 1 aromatic heterocycles. The lowest BCUT2D eigenvalue weighted by atomic mass is 10.2. The van der Waals surface area contributed by atoms with E-state index in [2.05, 4.69) is 4.98 Å². The Bertz CT molecular complexity index is 773. The number of cyclic esters (lactones) is 1. The van der Waals surface area contributed by atoms with E-state index in [-0.39, 0.29) is 13.2 Å². The second-order valence-electron chi connectivity index (χ2n) is 5.90. The molecule has 1 aromatic carbocycles. The van der Waals surface area contributed by atoms with Gasteiger partial charge >= 0.3 is 6.09 Å². The molecular formula is C17H16FN3O3. The third kappa shape index (κ3) is 2.46. The number of fused-ring (bicyclic) bond motifs is 1. The van der Waals surface area contributed by atoms with Crippen LogP contribution in [0.25, 0.3) is 0 Å². The van der Waals surface area contributed by atoms with E-state index in [4.69, 9.17) is 9.84 Å². The number of halogens is 1. The molecule has 1 atom stereocenters. The fourth-order valence-corrected chi connectivity index (χ4v) is 3.12. The zero-order valence-corrected chi connectivity index (χ0v) is 12.9. The Morgan fingerprint density at radius 1 is 1.33 bits per heavy atom. The smallest absolute Gasteiger partial charge is 0.414 e. The summed E-state index contributed by atoms with van der Waals surface area (Å²) in [5.74, 6) is -0.402. The van der Waals surface area contributed by atoms with Crippen molar-refractivity contribution in [2.75, 3.05) is 23.0 Å². The summed E-state index contributed by atoms with van der Waals surface area (Å²) in [7, 11) is 0. The molecule has 4 rings (SSSR count). The van der Waals surface area contributed by atoms with E-state index in [9.17, 15) is 9.18 Å². The molecule has 1 unspecified atom stereocenters. The molecule has 0 radical (unpaired) electrons. The second kappa shape index (κ2) is 5.76. The van der Waals surface area contributed by atoms with Crippen LogP contribution in [0, 0.1) is 5.82 Å². The molecule has 1 amide bonds. The quantitative estimate of drug-likeness (QED) is 0.934. The lowest BCUT2D eigenvalue weighted by Crippen LogP contribution is -2.25. The Hall–Kier alpha value is -2.67. The van der Waals surface area contributed by atoms with Crippen LogP contribution in [0.3, 0.4) is 0 Å². The summed E-state index contributed by atoms with van der Waals surface area (Å²) >= 11 is 0. The van der Waals surface area contributed by atoms with Gasteiger partial charge < -0.3 is 14.7 Å². The van der Waals surface area contributed by atoms with E-state index >= 15 is 0 Å². The van der Waals surface area contributed by atoms with Crippen molar-refractivity contribution in [3.05, 3.63) is 53.6 Å². The normalized spacial score (nSPS) is 19.6. The van der Waals surface area contributed by atoms with Gasteiger partial charge in [0.15, 0.2) is 0 Å². The number of nitrogens with zero attached hydrogens (tertiary/aromatic N) is 3. The number of ether oxygens (including phenoxy) is 1. The number of carbonyl (C=O) groups is 1. The van der Waals surface area contributed by atoms with Crippen LogP contribution in [0.4, 0.5) is 20.6 Å². The van der Waals surface area contributed by atoms with Gasteiger partial charge in [0.05, 0.1) is 36.8 Å². The van der Waals surface area contributed by atoms with Crippen molar-refractivity contribution in [1.29, 1.82) is 0 Å². The highest BCUT2D eigenvalue weighted by Gasteiger charge is 2.32. The zero-order valence-electron chi connectivity index (χ0n) is 12.9. The molecule has 2 aromatic rings. The van der Waals surface area contributed by atoms with Crippen LogP contribution in [-0.4, -0.2) is 35.4 Å². The van der Waals surface area contributed by atoms with Gasteiger partial charge in [0, 0.05) is 12.7 Å². The molecule has 24 heavy (non-hydrogen) atoms. The number of pyridine rings is 1. The summed E-state index contributed by atoms with van der Waals surface area (Å²) in [6.07, 6.45) is 0.594. The van der Waals surface area contributed by atoms with Gasteiger partial charge in [0.25, 0.3) is 0 Å². The molecule has 0 aliphatic carbocycles. The van der Waals surface area contributed by atoms with Gasteiger partial charge in [-0.25, -0.2) is 9.18 Å². The lowest BCUT2D eigenvalue weighted by Gasteiger charge is -2.20. The van der Waals surface area contributed by atoms with Crippen molar-refractivity contribution in [2.45, 2.75) is 19.2 Å². The van der Waals surface area contributed by atoms with Crippen LogP contribution in [0.5, 0.6) is 0 Å². The van der Waals surface area contributed by atoms with E-state index in [1.807, 2.05) is 17.0 Å². The maximum atomic E-state index is 14.6. The summed E-state index contributed by atoms with van der Waals surface area (Å²) in [4.78, 5) is 19.4. The second-order valence-corrected chi connectivity index (χ2v) is 5.90. The number of hydrogen-bond donors (Lipinski definition) is 1. The monoisotopic (exact) mass is 329 g/mol. The first kappa shape index (κ1) is 14.9. The van der Waals surface area contributed by atoms with Crippen LogP contribution >= 0.6 is 0 Å². The molecule has 2 aliphatic heterocycles. The molecule has 0 spiro atoms. The third-order valence-corrected chi connectivity index (χ3v) is 4.35. The highest BCUT2D eigenvalue weighted by molar-refractivity contribution is 5.90. The fraction of sp³-hybridized carbons (Fsp3) is 0.294. The zero-order chi connectivity index (χ0) is 16.7. The fourth-order valence-electron chi connectivity index (χ4n) is 3.12. The van der Waals surface area contributed by atoms with Crippen LogP contribution in [0.15, 0.2) is 36.5 Å². The van der Waals surface area contributed by atoms with Gasteiger partial charge in [-0.15, -0.1) is 0 Å². The molecule has 2 aliphatic rings. The van der Waals surface area contributed by atoms with Crippen molar-refractivity contribution in [3.8, 4) is 0 Å². The Labute approximate surface area is 138 Å². The largest absolute Gasteiger partial charge is 0.441 e. The Balaban J connectivity index is 1.57. The molecule has 6 nitrogen and oxygen atoms in total. The number of anilines is 2. The van der Waals surface area contributed by atoms with Crippen LogP contribution < -0.4 is 9.80 Å². The highest BCUT2D eigenvalue weighted by Crippen LogP contribution is 2.32. The van der Waals surface area contributed by atoms with Gasteiger partial charge in [0.1, 0.15) is 11.9 Å². The molecule has 124 valence electrons. The number of amides is 1. The number of hydrogen-bond acceptors (Lipinski definition) is 5. The maximum absolute atomic E-state index is 14.6. The molecule has 0 bridgehead atoms. The number of carbonyl (C=O) groups excluding carboxylic acids is 1. The number of benzene rings is 1. The SMILES string of the molecule is O=C1OC(CO)CN1c1ccc(N2Cc3cccnc3C2)c(F)c1. The number of aliphatic hydroxyl groups excluding tert-OH is 1. The molecule has 1 fully saturated rings. The predicted molar refractivity (Wildman–Crippen MR) is 85.2 cm³/mol. The predicted octanol–water partition coefficient (Wildman–Crippen LogP) is 2.06. The number of aromatic nitrogens is 1. The van der Waals surface area contributed by atoms with Crippen LogP contribution in [-0.2, 0) is 17.8 Å². The minimum atomic E-state index is -0.570. The summed E-state index contributed by atoms with van der Waals surface area (Å²) < 4.78 is 19.6. The Morgan fingerprint density at radius 2 is 2.21 bits per heavy atom. The van der Waals surface area contributed by atoms with Crippen LogP contribution in [0.1, 0.15) is 11.3 Å². The van der Waals surface area contributed by atoms with E-state index < -0.39 is 18.0 Å². The summed E-state index contributed by atoms with van der Waals surface area (Å²) in [5, 5.41) is 9.09. The van der Waals surface area contributed by atoms with Gasteiger partial charge in [-0.3, -0.25) is 9.88 Å². The van der Waals surface area contributed by atoms with E-state index in [0.717, 1.165) is 11.3 Å². The van der Waals surface area contributed by atoms with Gasteiger partial charge in [0.2, 0.25) is 0 Å². The van der Waals surface area contributed by atoms with Gasteiger partial charge in [-0.1, -0.05) is 6.07 Å². The highest BCUT2D eigenvalue weighted by atomic mass is 19.1. The molecule has 3 heterocycles. The molecule has 0 saturated carbocycles. The van der Waals surface area contributed by atoms with E-state index in [0.29, 0.717) is 24.5 Å². The minimum Gasteiger partial charge on any atom is -0.441 e. The first-order valence-corrected chi connectivity index (χ1v) is 7.72. The average molecular weight is 329 g/mol. The molecule has 1 N–H and O–H groups in total. The summed E-state index contributed by atoms with van der Waals surface area (Å²) in [5.41, 5.74) is 2.94. The lowest BCUT2D eigenvalue weighted by molar-refractivity contribution is 0.0963. The number of rotatable bonds is 3. The third-order valence-electron chi connectivity index (χ3n) is 4.35. The maximum Gasteiger partial charge on any atom is 0.414 e. The molecule has 1 saturated heterocycles. The van der Waals surface area contributed by atoms with Crippen molar-refractivity contribution in [1.82, 2.24) is 4.98 Å². The molecule has 7 heteroatoms. The van der Waals surface area contributed by atoms with E-state index in [1.165, 1.54) is 11.0 Å². The topological polar surface area (TPSA) is 65.9 Å². The van der Waals surface area contributed by atoms with Crippen molar-refractivity contribution < 1.29 is 19.0 Å². The van der Waals surface area contributed by atoms with Gasteiger partial charge in [-0.2, -0.15) is 0 Å². The van der Waals surface area contributed by atoms with Crippen molar-refractivity contribution >= 4 is 17.5 Å².